The number of pyridine rings is 1. The normalized spacial score (nSPS) is 11.4. The van der Waals surface area contributed by atoms with Crippen LogP contribution in [0, 0.1) is 5.82 Å². The van der Waals surface area contributed by atoms with E-state index in [2.05, 4.69) is 20.5 Å². The molecular formula is C12H14FN5O2. The molecule has 8 heteroatoms. The van der Waals surface area contributed by atoms with E-state index in [1.165, 1.54) is 18.6 Å². The van der Waals surface area contributed by atoms with Gasteiger partial charge in [0.15, 0.2) is 11.6 Å². The van der Waals surface area contributed by atoms with Crippen LogP contribution in [-0.4, -0.2) is 36.8 Å². The third kappa shape index (κ3) is 3.56. The molecule has 0 aliphatic heterocycles. The van der Waals surface area contributed by atoms with Gasteiger partial charge in [0.25, 0.3) is 0 Å². The number of rotatable bonds is 3. The molecule has 0 N–H and O–H groups in total. The van der Waals surface area contributed by atoms with Gasteiger partial charge in [-0.25, -0.2) is 9.37 Å². The number of ether oxygens (including phenoxy) is 1. The van der Waals surface area contributed by atoms with Crippen LogP contribution in [0.4, 0.5) is 4.39 Å². The summed E-state index contributed by atoms with van der Waals surface area (Å²) in [6.07, 6.45) is 2.58. The van der Waals surface area contributed by atoms with Gasteiger partial charge in [0.1, 0.15) is 11.9 Å². The van der Waals surface area contributed by atoms with Crippen LogP contribution in [0.1, 0.15) is 26.3 Å². The molecule has 0 aliphatic rings. The summed E-state index contributed by atoms with van der Waals surface area (Å²) < 4.78 is 20.1. The van der Waals surface area contributed by atoms with E-state index in [9.17, 15) is 9.18 Å². The van der Waals surface area contributed by atoms with Gasteiger partial charge in [0, 0.05) is 6.20 Å². The van der Waals surface area contributed by atoms with Crippen LogP contribution in [0.3, 0.4) is 0 Å². The standard InChI is InChI=1S/C12H14FN5O2/c1-12(2,3)20-10(19)5-8-4-9(13)11(14-6-8)18-7-15-16-17-18/h4,6-7H,5H2,1-3H3. The second-order valence-corrected chi connectivity index (χ2v) is 5.17. The molecule has 0 unspecified atom stereocenters. The number of nitrogens with zero attached hydrogens (tertiary/aromatic N) is 5. The monoisotopic (exact) mass is 279 g/mol. The minimum absolute atomic E-state index is 0.0251. The van der Waals surface area contributed by atoms with E-state index in [1.807, 2.05) is 0 Å². The summed E-state index contributed by atoms with van der Waals surface area (Å²) >= 11 is 0. The Labute approximate surface area is 114 Å². The maximum atomic E-state index is 13.9. The van der Waals surface area contributed by atoms with Crippen molar-refractivity contribution < 1.29 is 13.9 Å². The molecule has 0 saturated carbocycles. The van der Waals surface area contributed by atoms with Gasteiger partial charge in [-0.15, -0.1) is 5.10 Å². The molecular weight excluding hydrogens is 265 g/mol. The Morgan fingerprint density at radius 3 is 2.75 bits per heavy atom. The molecule has 2 aromatic rings. The first-order valence-corrected chi connectivity index (χ1v) is 5.95. The zero-order valence-electron chi connectivity index (χ0n) is 11.4. The molecule has 2 heterocycles. The maximum Gasteiger partial charge on any atom is 0.310 e. The number of tetrazole rings is 1. The topological polar surface area (TPSA) is 82.8 Å². The van der Waals surface area contributed by atoms with Crippen LogP contribution in [0.25, 0.3) is 5.82 Å². The molecule has 0 bridgehead atoms. The van der Waals surface area contributed by atoms with Crippen molar-refractivity contribution in [3.8, 4) is 5.82 Å². The van der Waals surface area contributed by atoms with Gasteiger partial charge in [0.05, 0.1) is 6.42 Å². The van der Waals surface area contributed by atoms with Crippen molar-refractivity contribution in [2.45, 2.75) is 32.8 Å². The Bertz CT molecular complexity index is 607. The average molecular weight is 279 g/mol. The fraction of sp³-hybridized carbons (Fsp3) is 0.417. The molecule has 2 rings (SSSR count). The fourth-order valence-electron chi connectivity index (χ4n) is 1.54. The lowest BCUT2D eigenvalue weighted by Crippen LogP contribution is -2.25. The largest absolute Gasteiger partial charge is 0.460 e. The summed E-state index contributed by atoms with van der Waals surface area (Å²) in [7, 11) is 0. The molecule has 7 nitrogen and oxygen atoms in total. The number of esters is 1. The van der Waals surface area contributed by atoms with Crippen LogP contribution in [0.5, 0.6) is 0 Å². The Hall–Kier alpha value is -2.38. The SMILES string of the molecule is CC(C)(C)OC(=O)Cc1cnc(-n2cnnn2)c(F)c1. The van der Waals surface area contributed by atoms with Crippen LogP contribution in [-0.2, 0) is 16.0 Å². The van der Waals surface area contributed by atoms with Crippen molar-refractivity contribution in [1.29, 1.82) is 0 Å². The van der Waals surface area contributed by atoms with Crippen molar-refractivity contribution in [3.63, 3.8) is 0 Å². The summed E-state index contributed by atoms with van der Waals surface area (Å²) in [4.78, 5) is 15.6. The van der Waals surface area contributed by atoms with Crippen LogP contribution in [0.2, 0.25) is 0 Å². The van der Waals surface area contributed by atoms with Gasteiger partial charge >= 0.3 is 5.97 Å². The summed E-state index contributed by atoms with van der Waals surface area (Å²) in [5, 5.41) is 10.4. The van der Waals surface area contributed by atoms with E-state index < -0.39 is 17.4 Å². The highest BCUT2D eigenvalue weighted by Crippen LogP contribution is 2.13. The van der Waals surface area contributed by atoms with E-state index in [0.29, 0.717) is 5.56 Å². The van der Waals surface area contributed by atoms with Crippen molar-refractivity contribution in [1.82, 2.24) is 25.2 Å². The fourth-order valence-corrected chi connectivity index (χ4v) is 1.54. The highest BCUT2D eigenvalue weighted by Gasteiger charge is 2.17. The molecule has 0 fully saturated rings. The number of hydrogen-bond acceptors (Lipinski definition) is 6. The predicted octanol–water partition coefficient (Wildman–Crippen LogP) is 1.08. The van der Waals surface area contributed by atoms with Gasteiger partial charge in [-0.05, 0) is 42.8 Å². The molecule has 2 aromatic heterocycles. The zero-order valence-corrected chi connectivity index (χ0v) is 11.4. The molecule has 0 spiro atoms. The zero-order chi connectivity index (χ0) is 14.8. The summed E-state index contributed by atoms with van der Waals surface area (Å²) in [5.41, 5.74) is -0.149. The summed E-state index contributed by atoms with van der Waals surface area (Å²) in [5.74, 6) is -1.07. The maximum absolute atomic E-state index is 13.9. The molecule has 0 radical (unpaired) electrons. The van der Waals surface area contributed by atoms with Crippen molar-refractivity contribution in [2.24, 2.45) is 0 Å². The minimum atomic E-state index is -0.613. The first-order chi connectivity index (χ1) is 9.35. The van der Waals surface area contributed by atoms with Crippen molar-refractivity contribution >= 4 is 5.97 Å². The molecule has 0 saturated heterocycles. The van der Waals surface area contributed by atoms with E-state index in [-0.39, 0.29) is 12.2 Å². The molecule has 0 atom stereocenters. The number of carbonyl (C=O) groups is 1. The highest BCUT2D eigenvalue weighted by atomic mass is 19.1. The van der Waals surface area contributed by atoms with E-state index in [1.54, 1.807) is 20.8 Å². The predicted molar refractivity (Wildman–Crippen MR) is 66.5 cm³/mol. The number of halogens is 1. The third-order valence-electron chi connectivity index (χ3n) is 2.21. The van der Waals surface area contributed by atoms with Gasteiger partial charge in [0.2, 0.25) is 0 Å². The second kappa shape index (κ2) is 5.32. The molecule has 0 aliphatic carbocycles. The highest BCUT2D eigenvalue weighted by molar-refractivity contribution is 5.72. The molecule has 0 aromatic carbocycles. The Kier molecular flexibility index (Phi) is 3.73. The smallest absolute Gasteiger partial charge is 0.310 e. The lowest BCUT2D eigenvalue weighted by Gasteiger charge is -2.19. The number of carbonyl (C=O) groups excluding carboxylic acids is 1. The van der Waals surface area contributed by atoms with E-state index >= 15 is 0 Å². The first-order valence-electron chi connectivity index (χ1n) is 5.95. The Morgan fingerprint density at radius 2 is 2.20 bits per heavy atom. The van der Waals surface area contributed by atoms with Crippen molar-refractivity contribution in [3.05, 3.63) is 30.0 Å². The summed E-state index contributed by atoms with van der Waals surface area (Å²) in [6.45, 7) is 5.31. The third-order valence-corrected chi connectivity index (χ3v) is 2.21. The minimum Gasteiger partial charge on any atom is -0.460 e. The molecule has 20 heavy (non-hydrogen) atoms. The quantitative estimate of drug-likeness (QED) is 0.782. The molecule has 106 valence electrons. The Balaban J connectivity index is 2.12. The van der Waals surface area contributed by atoms with Gasteiger partial charge in [-0.3, -0.25) is 4.79 Å². The van der Waals surface area contributed by atoms with Crippen molar-refractivity contribution in [2.75, 3.05) is 0 Å². The summed E-state index contributed by atoms with van der Waals surface area (Å²) in [6, 6.07) is 1.22. The van der Waals surface area contributed by atoms with Crippen LogP contribution in [0.15, 0.2) is 18.6 Å². The first kappa shape index (κ1) is 14.0. The van der Waals surface area contributed by atoms with Crippen LogP contribution >= 0.6 is 0 Å². The lowest BCUT2D eigenvalue weighted by atomic mass is 10.1. The van der Waals surface area contributed by atoms with Gasteiger partial charge in [-0.2, -0.15) is 4.68 Å². The second-order valence-electron chi connectivity index (χ2n) is 5.17. The van der Waals surface area contributed by atoms with E-state index in [0.717, 1.165) is 4.68 Å². The van der Waals surface area contributed by atoms with Gasteiger partial charge in [-0.1, -0.05) is 0 Å². The van der Waals surface area contributed by atoms with E-state index in [4.69, 9.17) is 4.74 Å². The Morgan fingerprint density at radius 1 is 1.45 bits per heavy atom. The van der Waals surface area contributed by atoms with Crippen LogP contribution < -0.4 is 0 Å². The van der Waals surface area contributed by atoms with Gasteiger partial charge < -0.3 is 4.74 Å². The molecule has 0 amide bonds. The number of hydrogen-bond donors (Lipinski definition) is 0. The number of aromatic nitrogens is 5. The average Bonchev–Trinajstić information content (AvgIpc) is 2.79. The lowest BCUT2D eigenvalue weighted by molar-refractivity contribution is -0.153.